The van der Waals surface area contributed by atoms with Crippen LogP contribution in [0.3, 0.4) is 0 Å². The molecule has 102 valence electrons. The molecule has 0 aromatic heterocycles. The fourth-order valence-corrected chi connectivity index (χ4v) is 1.83. The first-order chi connectivity index (χ1) is 9.56. The van der Waals surface area contributed by atoms with E-state index in [0.717, 1.165) is 5.56 Å². The van der Waals surface area contributed by atoms with Gasteiger partial charge in [-0.2, -0.15) is 0 Å². The number of hydrogen-bond acceptors (Lipinski definition) is 2. The Kier molecular flexibility index (Phi) is 4.38. The summed E-state index contributed by atoms with van der Waals surface area (Å²) in [6, 6.07) is 13.0. The molecule has 20 heavy (non-hydrogen) atoms. The summed E-state index contributed by atoms with van der Waals surface area (Å²) in [7, 11) is 0. The lowest BCUT2D eigenvalue weighted by Crippen LogP contribution is -2.22. The number of carbonyl (C=O) groups is 2. The van der Waals surface area contributed by atoms with E-state index in [-0.39, 0.29) is 18.0 Å². The third-order valence-electron chi connectivity index (χ3n) is 2.73. The summed E-state index contributed by atoms with van der Waals surface area (Å²) < 4.78 is 0. The summed E-state index contributed by atoms with van der Waals surface area (Å²) in [5, 5.41) is 12.2. The number of halogens is 1. The molecule has 2 aromatic carbocycles. The minimum absolute atomic E-state index is 0.197. The fraction of sp³-hybridized carbons (Fsp3) is 0.0667. The van der Waals surface area contributed by atoms with Gasteiger partial charge in [0.1, 0.15) is 0 Å². The average Bonchev–Trinajstić information content (AvgIpc) is 2.46. The van der Waals surface area contributed by atoms with Gasteiger partial charge in [0, 0.05) is 17.1 Å². The molecule has 0 aliphatic rings. The number of rotatable bonds is 4. The van der Waals surface area contributed by atoms with Crippen LogP contribution in [0.25, 0.3) is 0 Å². The molecule has 2 N–H and O–H groups in total. The maximum absolute atomic E-state index is 11.9. The minimum atomic E-state index is -0.990. The average molecular weight is 290 g/mol. The first-order valence-corrected chi connectivity index (χ1v) is 6.30. The first-order valence-electron chi connectivity index (χ1n) is 5.92. The van der Waals surface area contributed by atoms with Gasteiger partial charge in [-0.25, -0.2) is 4.79 Å². The molecule has 5 heteroatoms. The van der Waals surface area contributed by atoms with Gasteiger partial charge in [0.25, 0.3) is 5.91 Å². The van der Waals surface area contributed by atoms with E-state index < -0.39 is 5.97 Å². The maximum Gasteiger partial charge on any atom is 0.335 e. The molecular weight excluding hydrogens is 278 g/mol. The van der Waals surface area contributed by atoms with Crippen LogP contribution in [0.4, 0.5) is 0 Å². The molecule has 0 spiro atoms. The molecular formula is C15H12ClNO3. The van der Waals surface area contributed by atoms with E-state index >= 15 is 0 Å². The lowest BCUT2D eigenvalue weighted by Gasteiger charge is -2.06. The van der Waals surface area contributed by atoms with Crippen molar-refractivity contribution in [3.63, 3.8) is 0 Å². The molecule has 0 fully saturated rings. The molecule has 0 heterocycles. The Hall–Kier alpha value is -2.33. The van der Waals surface area contributed by atoms with Crippen LogP contribution in [0, 0.1) is 0 Å². The Balaban J connectivity index is 2.01. The number of carboxylic acids is 1. The molecule has 0 atom stereocenters. The van der Waals surface area contributed by atoms with Crippen molar-refractivity contribution in [2.45, 2.75) is 6.54 Å². The molecule has 2 aromatic rings. The second kappa shape index (κ2) is 6.21. The van der Waals surface area contributed by atoms with Crippen molar-refractivity contribution in [1.82, 2.24) is 5.32 Å². The van der Waals surface area contributed by atoms with Gasteiger partial charge < -0.3 is 10.4 Å². The number of hydrogen-bond donors (Lipinski definition) is 2. The molecule has 0 radical (unpaired) electrons. The van der Waals surface area contributed by atoms with Gasteiger partial charge in [-0.05, 0) is 42.0 Å². The van der Waals surface area contributed by atoms with E-state index in [9.17, 15) is 9.59 Å². The summed E-state index contributed by atoms with van der Waals surface area (Å²) in [5.41, 5.74) is 1.43. The van der Waals surface area contributed by atoms with Gasteiger partial charge in [-0.3, -0.25) is 4.79 Å². The lowest BCUT2D eigenvalue weighted by atomic mass is 10.1. The Morgan fingerprint density at radius 2 is 1.75 bits per heavy atom. The third kappa shape index (κ3) is 3.59. The highest BCUT2D eigenvalue weighted by molar-refractivity contribution is 6.30. The maximum atomic E-state index is 11.9. The largest absolute Gasteiger partial charge is 0.478 e. The van der Waals surface area contributed by atoms with Crippen molar-refractivity contribution in [1.29, 1.82) is 0 Å². The van der Waals surface area contributed by atoms with Crippen LogP contribution in [0.2, 0.25) is 5.02 Å². The second-order valence-electron chi connectivity index (χ2n) is 4.20. The fourth-order valence-electron chi connectivity index (χ4n) is 1.70. The van der Waals surface area contributed by atoms with Gasteiger partial charge in [0.2, 0.25) is 0 Å². The molecule has 0 saturated heterocycles. The highest BCUT2D eigenvalue weighted by Crippen LogP contribution is 2.10. The van der Waals surface area contributed by atoms with Crippen LogP contribution in [-0.4, -0.2) is 17.0 Å². The van der Waals surface area contributed by atoms with E-state index in [1.807, 2.05) is 0 Å². The Labute approximate surface area is 121 Å². The Bertz CT molecular complexity index is 638. The molecule has 0 unspecified atom stereocenters. The minimum Gasteiger partial charge on any atom is -0.478 e. The van der Waals surface area contributed by atoms with Crippen molar-refractivity contribution < 1.29 is 14.7 Å². The topological polar surface area (TPSA) is 66.4 Å². The summed E-state index contributed by atoms with van der Waals surface area (Å²) in [6.07, 6.45) is 0. The van der Waals surface area contributed by atoms with Crippen LogP contribution in [0.5, 0.6) is 0 Å². The zero-order valence-electron chi connectivity index (χ0n) is 10.5. The van der Waals surface area contributed by atoms with Gasteiger partial charge in [-0.15, -0.1) is 0 Å². The van der Waals surface area contributed by atoms with Crippen LogP contribution in [0.15, 0.2) is 48.5 Å². The molecule has 0 bridgehead atoms. The Morgan fingerprint density at radius 3 is 2.40 bits per heavy atom. The van der Waals surface area contributed by atoms with E-state index in [1.165, 1.54) is 12.1 Å². The summed E-state index contributed by atoms with van der Waals surface area (Å²) in [4.78, 5) is 22.7. The van der Waals surface area contributed by atoms with Crippen molar-refractivity contribution in [3.05, 3.63) is 70.2 Å². The SMILES string of the molecule is O=C(O)c1cccc(CNC(=O)c2ccc(Cl)cc2)c1. The molecule has 4 nitrogen and oxygen atoms in total. The zero-order valence-corrected chi connectivity index (χ0v) is 11.2. The van der Waals surface area contributed by atoms with Gasteiger partial charge in [-0.1, -0.05) is 23.7 Å². The van der Waals surface area contributed by atoms with E-state index in [0.29, 0.717) is 10.6 Å². The molecule has 1 amide bonds. The van der Waals surface area contributed by atoms with Crippen LogP contribution >= 0.6 is 11.6 Å². The van der Waals surface area contributed by atoms with Crippen molar-refractivity contribution in [2.24, 2.45) is 0 Å². The molecule has 2 rings (SSSR count). The number of carbonyl (C=O) groups excluding carboxylic acids is 1. The third-order valence-corrected chi connectivity index (χ3v) is 2.99. The molecule has 0 aliphatic heterocycles. The highest BCUT2D eigenvalue weighted by Gasteiger charge is 2.06. The van der Waals surface area contributed by atoms with Crippen molar-refractivity contribution in [2.75, 3.05) is 0 Å². The van der Waals surface area contributed by atoms with Crippen LogP contribution < -0.4 is 5.32 Å². The predicted octanol–water partition coefficient (Wildman–Crippen LogP) is 2.97. The molecule has 0 saturated carbocycles. The van der Waals surface area contributed by atoms with E-state index in [1.54, 1.807) is 36.4 Å². The van der Waals surface area contributed by atoms with Crippen molar-refractivity contribution >= 4 is 23.5 Å². The highest BCUT2D eigenvalue weighted by atomic mass is 35.5. The number of aromatic carboxylic acids is 1. The van der Waals surface area contributed by atoms with Crippen LogP contribution in [-0.2, 0) is 6.54 Å². The van der Waals surface area contributed by atoms with E-state index in [4.69, 9.17) is 16.7 Å². The normalized spacial score (nSPS) is 10.1. The Morgan fingerprint density at radius 1 is 1.05 bits per heavy atom. The standard InChI is InChI=1S/C15H12ClNO3/c16-13-6-4-11(5-7-13)14(18)17-9-10-2-1-3-12(8-10)15(19)20/h1-8H,9H2,(H,17,18)(H,19,20). The van der Waals surface area contributed by atoms with Gasteiger partial charge >= 0.3 is 5.97 Å². The van der Waals surface area contributed by atoms with E-state index in [2.05, 4.69) is 5.32 Å². The quantitative estimate of drug-likeness (QED) is 0.909. The van der Waals surface area contributed by atoms with Crippen LogP contribution in [0.1, 0.15) is 26.3 Å². The van der Waals surface area contributed by atoms with Gasteiger partial charge in [0.15, 0.2) is 0 Å². The predicted molar refractivity (Wildman–Crippen MR) is 76.0 cm³/mol. The van der Waals surface area contributed by atoms with Gasteiger partial charge in [0.05, 0.1) is 5.56 Å². The van der Waals surface area contributed by atoms with Crippen molar-refractivity contribution in [3.8, 4) is 0 Å². The number of benzene rings is 2. The number of carboxylic acid groups (broad SMARTS) is 1. The smallest absolute Gasteiger partial charge is 0.335 e. The second-order valence-corrected chi connectivity index (χ2v) is 4.63. The number of amides is 1. The lowest BCUT2D eigenvalue weighted by molar-refractivity contribution is 0.0696. The summed E-state index contributed by atoms with van der Waals surface area (Å²) >= 11 is 5.75. The first kappa shape index (κ1) is 14.1. The summed E-state index contributed by atoms with van der Waals surface area (Å²) in [6.45, 7) is 0.266. The molecule has 0 aliphatic carbocycles. The summed E-state index contributed by atoms with van der Waals surface area (Å²) in [5.74, 6) is -1.22. The number of nitrogens with one attached hydrogen (secondary N) is 1. The zero-order chi connectivity index (χ0) is 14.5. The monoisotopic (exact) mass is 289 g/mol.